The SMILES string of the molecule is CN(C)C1CCN(c2nccnc2C(N)=NO)CC1. The zero-order valence-electron chi connectivity index (χ0n) is 11.3. The average Bonchev–Trinajstić information content (AvgIpc) is 2.46. The van der Waals surface area contributed by atoms with Gasteiger partial charge in [0.25, 0.3) is 0 Å². The van der Waals surface area contributed by atoms with Gasteiger partial charge in [-0.1, -0.05) is 5.16 Å². The van der Waals surface area contributed by atoms with Crippen molar-refractivity contribution in [2.75, 3.05) is 32.1 Å². The minimum Gasteiger partial charge on any atom is -0.409 e. The van der Waals surface area contributed by atoms with Crippen LogP contribution in [0.1, 0.15) is 18.5 Å². The molecule has 1 fully saturated rings. The molecule has 7 nitrogen and oxygen atoms in total. The molecule has 0 atom stereocenters. The molecule has 1 aromatic rings. The Morgan fingerprint density at radius 1 is 1.37 bits per heavy atom. The van der Waals surface area contributed by atoms with Gasteiger partial charge in [0.2, 0.25) is 0 Å². The Kier molecular flexibility index (Phi) is 4.16. The maximum Gasteiger partial charge on any atom is 0.192 e. The summed E-state index contributed by atoms with van der Waals surface area (Å²) in [5.41, 5.74) is 6.08. The van der Waals surface area contributed by atoms with E-state index in [1.54, 1.807) is 12.4 Å². The first-order valence-corrected chi connectivity index (χ1v) is 6.33. The Bertz CT molecular complexity index is 453. The monoisotopic (exact) mass is 264 g/mol. The number of hydrogen-bond acceptors (Lipinski definition) is 6. The summed E-state index contributed by atoms with van der Waals surface area (Å²) in [4.78, 5) is 12.9. The van der Waals surface area contributed by atoms with Crippen LogP contribution < -0.4 is 10.6 Å². The van der Waals surface area contributed by atoms with Crippen LogP contribution in [0.15, 0.2) is 17.5 Å². The summed E-state index contributed by atoms with van der Waals surface area (Å²) in [6.45, 7) is 1.79. The van der Waals surface area contributed by atoms with Crippen LogP contribution >= 0.6 is 0 Å². The van der Waals surface area contributed by atoms with Gasteiger partial charge in [-0.25, -0.2) is 9.97 Å². The van der Waals surface area contributed by atoms with Crippen molar-refractivity contribution < 1.29 is 5.21 Å². The van der Waals surface area contributed by atoms with E-state index in [2.05, 4.69) is 39.0 Å². The van der Waals surface area contributed by atoms with E-state index in [9.17, 15) is 0 Å². The van der Waals surface area contributed by atoms with Gasteiger partial charge in [-0.3, -0.25) is 0 Å². The van der Waals surface area contributed by atoms with Crippen LogP contribution in [0.25, 0.3) is 0 Å². The molecule has 0 aromatic carbocycles. The van der Waals surface area contributed by atoms with E-state index in [0.29, 0.717) is 17.6 Å². The molecule has 0 bridgehead atoms. The standard InChI is InChI=1S/C12H20N6O/c1-17(2)9-3-7-18(8-4-9)12-10(11(13)16-19)14-5-6-15-12/h5-6,9,19H,3-4,7-8H2,1-2H3,(H2,13,16). The summed E-state index contributed by atoms with van der Waals surface area (Å²) < 4.78 is 0. The third-order valence-corrected chi connectivity index (χ3v) is 3.52. The van der Waals surface area contributed by atoms with Gasteiger partial charge in [0, 0.05) is 31.5 Å². The van der Waals surface area contributed by atoms with E-state index in [1.165, 1.54) is 0 Å². The van der Waals surface area contributed by atoms with E-state index in [4.69, 9.17) is 10.9 Å². The average molecular weight is 264 g/mol. The van der Waals surface area contributed by atoms with Crippen molar-refractivity contribution in [2.45, 2.75) is 18.9 Å². The second-order valence-corrected chi connectivity index (χ2v) is 4.90. The summed E-state index contributed by atoms with van der Waals surface area (Å²) in [6.07, 6.45) is 5.31. The molecule has 7 heteroatoms. The Morgan fingerprint density at radius 2 is 2.00 bits per heavy atom. The quantitative estimate of drug-likeness (QED) is 0.348. The van der Waals surface area contributed by atoms with Gasteiger partial charge >= 0.3 is 0 Å². The van der Waals surface area contributed by atoms with E-state index < -0.39 is 0 Å². The number of nitrogens with zero attached hydrogens (tertiary/aromatic N) is 5. The first kappa shape index (κ1) is 13.5. The second kappa shape index (κ2) is 5.83. The van der Waals surface area contributed by atoms with Crippen LogP contribution in [0.5, 0.6) is 0 Å². The molecular weight excluding hydrogens is 244 g/mol. The molecule has 1 aromatic heterocycles. The zero-order chi connectivity index (χ0) is 13.8. The number of piperidine rings is 1. The largest absolute Gasteiger partial charge is 0.409 e. The Hall–Kier alpha value is -1.89. The summed E-state index contributed by atoms with van der Waals surface area (Å²) in [5, 5.41) is 11.8. The van der Waals surface area contributed by atoms with Crippen LogP contribution in [0.4, 0.5) is 5.82 Å². The van der Waals surface area contributed by atoms with Gasteiger partial charge in [-0.15, -0.1) is 0 Å². The lowest BCUT2D eigenvalue weighted by Gasteiger charge is -2.36. The molecule has 1 aliphatic heterocycles. The number of hydrogen-bond donors (Lipinski definition) is 2. The van der Waals surface area contributed by atoms with Gasteiger partial charge < -0.3 is 20.7 Å². The third-order valence-electron chi connectivity index (χ3n) is 3.52. The van der Waals surface area contributed by atoms with Gasteiger partial charge in [0.15, 0.2) is 17.3 Å². The van der Waals surface area contributed by atoms with Crippen LogP contribution in [0, 0.1) is 0 Å². The van der Waals surface area contributed by atoms with Crippen LogP contribution in [0.2, 0.25) is 0 Å². The van der Waals surface area contributed by atoms with E-state index in [1.807, 2.05) is 0 Å². The highest BCUT2D eigenvalue weighted by Crippen LogP contribution is 2.21. The molecule has 2 heterocycles. The van der Waals surface area contributed by atoms with Crippen molar-refractivity contribution >= 4 is 11.7 Å². The second-order valence-electron chi connectivity index (χ2n) is 4.90. The predicted octanol–water partition coefficient (Wildman–Crippen LogP) is 0.102. The van der Waals surface area contributed by atoms with Gasteiger partial charge in [-0.2, -0.15) is 0 Å². The highest BCUT2D eigenvalue weighted by atomic mass is 16.4. The van der Waals surface area contributed by atoms with Crippen LogP contribution in [0.3, 0.4) is 0 Å². The molecule has 3 N–H and O–H groups in total. The fourth-order valence-electron chi connectivity index (χ4n) is 2.38. The van der Waals surface area contributed by atoms with Crippen molar-refractivity contribution in [2.24, 2.45) is 10.9 Å². The molecule has 0 unspecified atom stereocenters. The highest BCUT2D eigenvalue weighted by Gasteiger charge is 2.24. The van der Waals surface area contributed by atoms with Gasteiger partial charge in [0.05, 0.1) is 0 Å². The van der Waals surface area contributed by atoms with E-state index >= 15 is 0 Å². The number of oxime groups is 1. The molecule has 19 heavy (non-hydrogen) atoms. The molecule has 0 saturated carbocycles. The van der Waals surface area contributed by atoms with E-state index in [0.717, 1.165) is 25.9 Å². The van der Waals surface area contributed by atoms with Crippen molar-refractivity contribution in [1.82, 2.24) is 14.9 Å². The lowest BCUT2D eigenvalue weighted by molar-refractivity contribution is 0.249. The predicted molar refractivity (Wildman–Crippen MR) is 73.5 cm³/mol. The summed E-state index contributed by atoms with van der Waals surface area (Å²) in [6, 6.07) is 0.597. The topological polar surface area (TPSA) is 90.9 Å². The Balaban J connectivity index is 2.16. The molecule has 0 amide bonds. The molecule has 0 spiro atoms. The molecule has 2 rings (SSSR count). The highest BCUT2D eigenvalue weighted by molar-refractivity contribution is 5.99. The molecule has 104 valence electrons. The summed E-state index contributed by atoms with van der Waals surface area (Å²) in [5.74, 6) is 0.688. The van der Waals surface area contributed by atoms with E-state index in [-0.39, 0.29) is 5.84 Å². The number of amidine groups is 1. The molecule has 0 radical (unpaired) electrons. The summed E-state index contributed by atoms with van der Waals surface area (Å²) >= 11 is 0. The molecule has 0 aliphatic carbocycles. The Labute approximate surface area is 112 Å². The third kappa shape index (κ3) is 2.93. The minimum atomic E-state index is -0.00201. The summed E-state index contributed by atoms with van der Waals surface area (Å²) in [7, 11) is 4.20. The zero-order valence-corrected chi connectivity index (χ0v) is 11.3. The number of aromatic nitrogens is 2. The van der Waals surface area contributed by atoms with Gasteiger partial charge in [-0.05, 0) is 26.9 Å². The smallest absolute Gasteiger partial charge is 0.192 e. The molecule has 1 saturated heterocycles. The fourth-order valence-corrected chi connectivity index (χ4v) is 2.38. The number of anilines is 1. The van der Waals surface area contributed by atoms with Crippen LogP contribution in [-0.2, 0) is 0 Å². The maximum absolute atomic E-state index is 8.80. The Morgan fingerprint density at radius 3 is 2.58 bits per heavy atom. The first-order valence-electron chi connectivity index (χ1n) is 6.33. The van der Waals surface area contributed by atoms with Gasteiger partial charge in [0.1, 0.15) is 0 Å². The molecular formula is C12H20N6O. The normalized spacial score (nSPS) is 18.1. The van der Waals surface area contributed by atoms with Crippen molar-refractivity contribution in [3.05, 3.63) is 18.1 Å². The lowest BCUT2D eigenvalue weighted by atomic mass is 10.0. The van der Waals surface area contributed by atoms with Crippen molar-refractivity contribution in [3.8, 4) is 0 Å². The minimum absolute atomic E-state index is 0.00201. The first-order chi connectivity index (χ1) is 9.13. The maximum atomic E-state index is 8.80. The van der Waals surface area contributed by atoms with Crippen LogP contribution in [-0.4, -0.2) is 59.1 Å². The fraction of sp³-hybridized carbons (Fsp3) is 0.583. The number of rotatable bonds is 3. The van der Waals surface area contributed by atoms with Crippen molar-refractivity contribution in [1.29, 1.82) is 0 Å². The van der Waals surface area contributed by atoms with Crippen molar-refractivity contribution in [3.63, 3.8) is 0 Å². The number of nitrogens with two attached hydrogens (primary N) is 1. The lowest BCUT2D eigenvalue weighted by Crippen LogP contribution is -2.43. The molecule has 1 aliphatic rings.